The van der Waals surface area contributed by atoms with Crippen LogP contribution in [0.1, 0.15) is 22.6 Å². The molecule has 2 N–H and O–H groups in total. The number of rotatable bonds is 4. The second-order valence-electron chi connectivity index (χ2n) is 8.05. The molecular weight excluding hydrogens is 530 g/mol. The molecule has 35 heavy (non-hydrogen) atoms. The number of benzene rings is 3. The van der Waals surface area contributed by atoms with Crippen molar-refractivity contribution in [3.8, 4) is 11.8 Å². The largest absolute Gasteiger partial charge is 0.497 e. The number of fused-ring (bicyclic) bond motifs is 2. The van der Waals surface area contributed by atoms with E-state index < -0.39 is 15.9 Å². The Hall–Kier alpha value is -3.74. The minimum absolute atomic E-state index is 0.00596. The van der Waals surface area contributed by atoms with Crippen LogP contribution in [0, 0.1) is 11.3 Å². The van der Waals surface area contributed by atoms with Crippen LogP contribution < -0.4 is 14.8 Å². The smallest absolute Gasteiger partial charge is 0.265 e. The molecule has 5 rings (SSSR count). The third-order valence-corrected chi connectivity index (χ3v) is 8.40. The molecule has 176 valence electrons. The van der Waals surface area contributed by atoms with Gasteiger partial charge in [0.1, 0.15) is 22.3 Å². The number of methoxy groups -OCH3 is 1. The zero-order chi connectivity index (χ0) is 24.7. The van der Waals surface area contributed by atoms with Crippen LogP contribution >= 0.6 is 15.9 Å². The fourth-order valence-corrected chi connectivity index (χ4v) is 6.72. The van der Waals surface area contributed by atoms with E-state index in [0.29, 0.717) is 22.6 Å². The summed E-state index contributed by atoms with van der Waals surface area (Å²) in [5, 5.41) is 9.95. The number of nitrogens with zero attached hydrogens (tertiary/aromatic N) is 2. The first kappa shape index (κ1) is 23.0. The van der Waals surface area contributed by atoms with E-state index in [1.165, 1.54) is 4.31 Å². The van der Waals surface area contributed by atoms with Gasteiger partial charge >= 0.3 is 0 Å². The normalized spacial score (nSPS) is 18.3. The predicted octanol–water partition coefficient (Wildman–Crippen LogP) is 4.98. The molecule has 3 aromatic carbocycles. The summed E-state index contributed by atoms with van der Waals surface area (Å²) in [6.07, 6.45) is 0. The lowest BCUT2D eigenvalue weighted by molar-refractivity contribution is 0.357. The molecule has 0 bridgehead atoms. The van der Waals surface area contributed by atoms with Crippen molar-refractivity contribution in [3.05, 3.63) is 110 Å². The van der Waals surface area contributed by atoms with Crippen molar-refractivity contribution in [2.45, 2.75) is 12.5 Å². The van der Waals surface area contributed by atoms with Gasteiger partial charge in [0.2, 0.25) is 5.88 Å². The van der Waals surface area contributed by atoms with Gasteiger partial charge < -0.3 is 15.2 Å². The number of hydrogen-bond acceptors (Lipinski definition) is 6. The molecule has 3 aromatic rings. The van der Waals surface area contributed by atoms with Gasteiger partial charge in [-0.2, -0.15) is 5.26 Å². The maximum absolute atomic E-state index is 14.3. The molecule has 2 aliphatic heterocycles. The zero-order valence-corrected chi connectivity index (χ0v) is 21.0. The average Bonchev–Trinajstić information content (AvgIpc) is 2.86. The topological polar surface area (TPSA) is 106 Å². The molecule has 9 heteroatoms. The molecule has 0 saturated carbocycles. The maximum atomic E-state index is 14.3. The fraction of sp³-hybridized carbons (Fsp3) is 0.115. The highest BCUT2D eigenvalue weighted by Crippen LogP contribution is 2.51. The maximum Gasteiger partial charge on any atom is 0.265 e. The number of hydrogen-bond donors (Lipinski definition) is 1. The van der Waals surface area contributed by atoms with Crippen molar-refractivity contribution < 1.29 is 17.9 Å². The minimum atomic E-state index is -4.13. The van der Waals surface area contributed by atoms with Gasteiger partial charge in [0.15, 0.2) is 5.76 Å². The second kappa shape index (κ2) is 8.80. The molecule has 7 nitrogen and oxygen atoms in total. The molecule has 2 aliphatic rings. The van der Waals surface area contributed by atoms with Gasteiger partial charge in [-0.15, -0.1) is 0 Å². The molecule has 1 atom stereocenters. The third kappa shape index (κ3) is 3.85. The highest BCUT2D eigenvalue weighted by molar-refractivity contribution is 9.10. The first-order valence-corrected chi connectivity index (χ1v) is 12.9. The van der Waals surface area contributed by atoms with E-state index in [2.05, 4.69) is 22.0 Å². The third-order valence-electron chi connectivity index (χ3n) is 6.03. The van der Waals surface area contributed by atoms with Crippen molar-refractivity contribution in [3.63, 3.8) is 0 Å². The van der Waals surface area contributed by atoms with Crippen LogP contribution in [0.3, 0.4) is 0 Å². The average molecular weight is 550 g/mol. The molecule has 1 unspecified atom stereocenters. The lowest BCUT2D eigenvalue weighted by Gasteiger charge is -2.38. The van der Waals surface area contributed by atoms with Crippen molar-refractivity contribution >= 4 is 37.4 Å². The highest BCUT2D eigenvalue weighted by atomic mass is 79.9. The monoisotopic (exact) mass is 549 g/mol. The molecule has 0 spiro atoms. The van der Waals surface area contributed by atoms with E-state index in [0.717, 1.165) is 10.0 Å². The number of nitriles is 1. The summed E-state index contributed by atoms with van der Waals surface area (Å²) in [6, 6.07) is 23.6. The van der Waals surface area contributed by atoms with Gasteiger partial charge in [0.05, 0.1) is 25.3 Å². The molecule has 0 fully saturated rings. The lowest BCUT2D eigenvalue weighted by atomic mass is 9.88. The van der Waals surface area contributed by atoms with E-state index in [9.17, 15) is 13.7 Å². The summed E-state index contributed by atoms with van der Waals surface area (Å²) in [4.78, 5) is -0.00596. The Morgan fingerprint density at radius 2 is 1.86 bits per heavy atom. The van der Waals surface area contributed by atoms with Gasteiger partial charge in [0.25, 0.3) is 10.0 Å². The lowest BCUT2D eigenvalue weighted by Crippen LogP contribution is -2.39. The number of sulfonamides is 1. The van der Waals surface area contributed by atoms with Crippen LogP contribution in [-0.4, -0.2) is 15.5 Å². The molecule has 0 amide bonds. The Morgan fingerprint density at radius 1 is 1.11 bits per heavy atom. The number of para-hydroxylation sites is 1. The fourth-order valence-electron chi connectivity index (χ4n) is 4.40. The van der Waals surface area contributed by atoms with Gasteiger partial charge in [-0.05, 0) is 47.5 Å². The number of halogens is 1. The SMILES string of the molecule is COc1ccc(CN2c3ccccc3C3=C(C(c4cccc(Br)c4)C(C#N)=C(N)O3)S2(=O)=O)cc1. The highest BCUT2D eigenvalue weighted by Gasteiger charge is 2.47. The van der Waals surface area contributed by atoms with E-state index >= 15 is 0 Å². The number of allylic oxidation sites excluding steroid dienone is 2. The van der Waals surface area contributed by atoms with Gasteiger partial charge in [-0.3, -0.25) is 4.31 Å². The minimum Gasteiger partial charge on any atom is -0.497 e. The van der Waals surface area contributed by atoms with Crippen LogP contribution in [0.5, 0.6) is 5.75 Å². The number of nitrogens with two attached hydrogens (primary N) is 1. The Labute approximate surface area is 211 Å². The van der Waals surface area contributed by atoms with Crippen LogP contribution in [0.15, 0.2) is 93.6 Å². The van der Waals surface area contributed by atoms with Gasteiger partial charge in [0, 0.05) is 10.0 Å². The summed E-state index contributed by atoms with van der Waals surface area (Å²) >= 11 is 3.45. The first-order valence-electron chi connectivity index (χ1n) is 10.7. The Morgan fingerprint density at radius 3 is 2.54 bits per heavy atom. The van der Waals surface area contributed by atoms with E-state index in [1.54, 1.807) is 55.6 Å². The van der Waals surface area contributed by atoms with E-state index in [1.807, 2.05) is 24.3 Å². The summed E-state index contributed by atoms with van der Waals surface area (Å²) in [7, 11) is -2.55. The number of ether oxygens (including phenoxy) is 2. The van der Waals surface area contributed by atoms with E-state index in [-0.39, 0.29) is 28.7 Å². The Bertz CT molecular complexity index is 1540. The van der Waals surface area contributed by atoms with Crippen molar-refractivity contribution in [1.82, 2.24) is 0 Å². The quantitative estimate of drug-likeness (QED) is 0.491. The molecule has 0 aromatic heterocycles. The molecule has 0 radical (unpaired) electrons. The predicted molar refractivity (Wildman–Crippen MR) is 136 cm³/mol. The van der Waals surface area contributed by atoms with Crippen molar-refractivity contribution in [2.75, 3.05) is 11.4 Å². The molecule has 0 saturated heterocycles. The summed E-state index contributed by atoms with van der Waals surface area (Å²) in [5.41, 5.74) is 8.67. The first-order chi connectivity index (χ1) is 16.8. The van der Waals surface area contributed by atoms with Crippen LogP contribution in [-0.2, 0) is 21.3 Å². The van der Waals surface area contributed by atoms with Gasteiger partial charge in [-0.25, -0.2) is 8.42 Å². The zero-order valence-electron chi connectivity index (χ0n) is 18.6. The second-order valence-corrected chi connectivity index (χ2v) is 10.8. The van der Waals surface area contributed by atoms with Crippen molar-refractivity contribution in [1.29, 1.82) is 5.26 Å². The molecule has 0 aliphatic carbocycles. The van der Waals surface area contributed by atoms with Crippen LogP contribution in [0.25, 0.3) is 5.76 Å². The Kier molecular flexibility index (Phi) is 5.79. The standard InChI is InChI=1S/C26H20BrN3O4S/c1-33-19-11-9-16(10-12-19)15-30-22-8-3-2-7-20(22)24-25(35(30,31)32)23(21(14-28)26(29)34-24)17-5-4-6-18(27)13-17/h2-13,23H,15,29H2,1H3. The van der Waals surface area contributed by atoms with Crippen molar-refractivity contribution in [2.24, 2.45) is 5.73 Å². The van der Waals surface area contributed by atoms with Crippen LogP contribution in [0.4, 0.5) is 5.69 Å². The summed E-state index contributed by atoms with van der Waals surface area (Å²) in [5.74, 6) is -0.203. The van der Waals surface area contributed by atoms with Gasteiger partial charge in [-0.1, -0.05) is 52.3 Å². The van der Waals surface area contributed by atoms with Crippen LogP contribution in [0.2, 0.25) is 0 Å². The van der Waals surface area contributed by atoms with E-state index in [4.69, 9.17) is 15.2 Å². The number of anilines is 1. The molecular formula is C26H20BrN3O4S. The summed E-state index contributed by atoms with van der Waals surface area (Å²) in [6.45, 7) is 0.0897. The summed E-state index contributed by atoms with van der Waals surface area (Å²) < 4.78 is 41.7. The molecule has 2 heterocycles. The Balaban J connectivity index is 1.73.